The van der Waals surface area contributed by atoms with Crippen molar-refractivity contribution in [2.24, 2.45) is 0 Å². The number of Topliss-reactive ketones (excluding diaryl/α,β-unsaturated/α-hetero) is 1. The second kappa shape index (κ2) is 6.59. The molecule has 0 aromatic heterocycles. The van der Waals surface area contributed by atoms with Crippen molar-refractivity contribution in [3.63, 3.8) is 0 Å². The fourth-order valence-corrected chi connectivity index (χ4v) is 3.70. The molecule has 3 nitrogen and oxygen atoms in total. The summed E-state index contributed by atoms with van der Waals surface area (Å²) in [6.45, 7) is 3.95. The fourth-order valence-electron chi connectivity index (χ4n) is 2.70. The van der Waals surface area contributed by atoms with Crippen molar-refractivity contribution in [3.8, 4) is 0 Å². The van der Waals surface area contributed by atoms with Crippen LogP contribution in [0.5, 0.6) is 0 Å². The molecule has 0 saturated carbocycles. The lowest BCUT2D eigenvalue weighted by molar-refractivity contribution is -0.116. The van der Waals surface area contributed by atoms with E-state index in [1.807, 2.05) is 31.2 Å². The van der Waals surface area contributed by atoms with Crippen LogP contribution in [0.4, 0.5) is 5.69 Å². The number of hydrogen-bond acceptors (Lipinski definition) is 3. The van der Waals surface area contributed by atoms with E-state index in [0.29, 0.717) is 11.3 Å². The Hall–Kier alpha value is -2.07. The summed E-state index contributed by atoms with van der Waals surface area (Å²) in [4.78, 5) is 24.1. The number of ketones is 1. The predicted octanol–water partition coefficient (Wildman–Crippen LogP) is 4.17. The minimum atomic E-state index is -0.183. The molecule has 1 heterocycles. The fraction of sp³-hybridized carbons (Fsp3) is 0.263. The van der Waals surface area contributed by atoms with Crippen LogP contribution in [0, 0.1) is 6.92 Å². The quantitative estimate of drug-likeness (QED) is 0.839. The number of thioether (sulfide) groups is 1. The molecule has 0 aliphatic carbocycles. The molecule has 3 rings (SSSR count). The first-order chi connectivity index (χ1) is 11.1. The zero-order chi connectivity index (χ0) is 16.4. The normalized spacial score (nSPS) is 16.1. The van der Waals surface area contributed by atoms with Crippen LogP contribution in [-0.4, -0.2) is 17.4 Å². The predicted molar refractivity (Wildman–Crippen MR) is 95.2 cm³/mol. The number of benzene rings is 2. The largest absolute Gasteiger partial charge is 0.325 e. The Balaban J connectivity index is 1.63. The van der Waals surface area contributed by atoms with Gasteiger partial charge in [-0.15, -0.1) is 11.8 Å². The van der Waals surface area contributed by atoms with Gasteiger partial charge in [0.1, 0.15) is 0 Å². The Morgan fingerprint density at radius 3 is 2.78 bits per heavy atom. The van der Waals surface area contributed by atoms with Crippen molar-refractivity contribution in [1.29, 1.82) is 0 Å². The smallest absolute Gasteiger partial charge is 0.231 e. The molecule has 1 atom stereocenters. The first kappa shape index (κ1) is 15.8. The van der Waals surface area contributed by atoms with E-state index in [-0.39, 0.29) is 17.6 Å². The Morgan fingerprint density at radius 1 is 1.22 bits per heavy atom. The standard InChI is InChI=1S/C19H19NO2S/c1-12-5-3-4-6-15(12)10-23-11-18(21)14-7-8-17-16(9-14)13(2)19(22)20-17/h3-9,13H,10-11H2,1-2H3,(H,20,22)/t13-/m0/s1. The number of aryl methyl sites for hydroxylation is 1. The van der Waals surface area contributed by atoms with Gasteiger partial charge >= 0.3 is 0 Å². The zero-order valence-electron chi connectivity index (χ0n) is 13.3. The van der Waals surface area contributed by atoms with Crippen molar-refractivity contribution in [3.05, 3.63) is 64.7 Å². The molecular formula is C19H19NO2S. The number of carbonyl (C=O) groups is 2. The molecule has 1 aliphatic rings. The van der Waals surface area contributed by atoms with Crippen molar-refractivity contribution < 1.29 is 9.59 Å². The summed E-state index contributed by atoms with van der Waals surface area (Å²) in [7, 11) is 0. The minimum absolute atomic E-state index is 0.00136. The first-order valence-corrected chi connectivity index (χ1v) is 8.82. The van der Waals surface area contributed by atoms with Gasteiger partial charge in [-0.1, -0.05) is 24.3 Å². The van der Waals surface area contributed by atoms with Gasteiger partial charge in [0.2, 0.25) is 5.91 Å². The Bertz CT molecular complexity index is 770. The maximum atomic E-state index is 12.4. The van der Waals surface area contributed by atoms with Gasteiger partial charge < -0.3 is 5.32 Å². The van der Waals surface area contributed by atoms with E-state index in [1.165, 1.54) is 11.1 Å². The summed E-state index contributed by atoms with van der Waals surface area (Å²) in [5, 5.41) is 2.83. The highest BCUT2D eigenvalue weighted by atomic mass is 32.2. The van der Waals surface area contributed by atoms with Gasteiger partial charge in [0.25, 0.3) is 0 Å². The van der Waals surface area contributed by atoms with E-state index in [0.717, 1.165) is 17.0 Å². The molecule has 2 aromatic carbocycles. The highest BCUT2D eigenvalue weighted by Crippen LogP contribution is 2.33. The average Bonchev–Trinajstić information content (AvgIpc) is 2.83. The summed E-state index contributed by atoms with van der Waals surface area (Å²) >= 11 is 1.63. The molecule has 1 N–H and O–H groups in total. The van der Waals surface area contributed by atoms with Crippen molar-refractivity contribution >= 4 is 29.1 Å². The third kappa shape index (κ3) is 3.32. The summed E-state index contributed by atoms with van der Waals surface area (Å²) < 4.78 is 0. The molecule has 4 heteroatoms. The lowest BCUT2D eigenvalue weighted by Gasteiger charge is -2.07. The SMILES string of the molecule is Cc1ccccc1CSCC(=O)c1ccc2c(c1)[C@H](C)C(=O)N2. The molecule has 0 unspecified atom stereocenters. The van der Waals surface area contributed by atoms with Gasteiger partial charge in [0.05, 0.1) is 11.7 Å². The lowest BCUT2D eigenvalue weighted by Crippen LogP contribution is -2.08. The van der Waals surface area contributed by atoms with Crippen LogP contribution in [0.3, 0.4) is 0 Å². The number of amides is 1. The van der Waals surface area contributed by atoms with E-state index in [2.05, 4.69) is 24.4 Å². The molecule has 0 radical (unpaired) electrons. The third-order valence-corrected chi connectivity index (χ3v) is 5.22. The van der Waals surface area contributed by atoms with Crippen LogP contribution in [0.15, 0.2) is 42.5 Å². The molecule has 0 spiro atoms. The number of carbonyl (C=O) groups excluding carboxylic acids is 2. The van der Waals surface area contributed by atoms with Crippen LogP contribution < -0.4 is 5.32 Å². The molecule has 0 bridgehead atoms. The van der Waals surface area contributed by atoms with Crippen LogP contribution in [0.25, 0.3) is 0 Å². The van der Waals surface area contributed by atoms with Gasteiger partial charge in [-0.05, 0) is 48.7 Å². The number of fused-ring (bicyclic) bond motifs is 1. The van der Waals surface area contributed by atoms with Gasteiger partial charge in [0, 0.05) is 17.0 Å². The topological polar surface area (TPSA) is 46.2 Å². The van der Waals surface area contributed by atoms with Crippen LogP contribution in [0.2, 0.25) is 0 Å². The first-order valence-electron chi connectivity index (χ1n) is 7.66. The zero-order valence-corrected chi connectivity index (χ0v) is 14.1. The van der Waals surface area contributed by atoms with Gasteiger partial charge in [-0.25, -0.2) is 0 Å². The lowest BCUT2D eigenvalue weighted by atomic mass is 9.99. The number of anilines is 1. The van der Waals surface area contributed by atoms with Crippen LogP contribution in [0.1, 0.15) is 39.9 Å². The van der Waals surface area contributed by atoms with E-state index in [9.17, 15) is 9.59 Å². The average molecular weight is 325 g/mol. The Labute approximate surface area is 140 Å². The van der Waals surface area contributed by atoms with Gasteiger partial charge in [-0.2, -0.15) is 0 Å². The van der Waals surface area contributed by atoms with E-state index in [4.69, 9.17) is 0 Å². The molecular weight excluding hydrogens is 306 g/mol. The molecule has 118 valence electrons. The molecule has 1 aliphatic heterocycles. The third-order valence-electron chi connectivity index (χ3n) is 4.24. The maximum Gasteiger partial charge on any atom is 0.231 e. The van der Waals surface area contributed by atoms with E-state index >= 15 is 0 Å². The molecule has 2 aromatic rings. The molecule has 0 fully saturated rings. The van der Waals surface area contributed by atoms with Gasteiger partial charge in [0.15, 0.2) is 5.78 Å². The summed E-state index contributed by atoms with van der Waals surface area (Å²) in [6, 6.07) is 13.7. The molecule has 23 heavy (non-hydrogen) atoms. The number of hydrogen-bond donors (Lipinski definition) is 1. The maximum absolute atomic E-state index is 12.4. The Morgan fingerprint density at radius 2 is 2.00 bits per heavy atom. The van der Waals surface area contributed by atoms with Gasteiger partial charge in [-0.3, -0.25) is 9.59 Å². The number of rotatable bonds is 5. The van der Waals surface area contributed by atoms with Crippen LogP contribution in [-0.2, 0) is 10.5 Å². The molecule has 0 saturated heterocycles. The highest BCUT2D eigenvalue weighted by molar-refractivity contribution is 7.99. The van der Waals surface area contributed by atoms with Crippen molar-refractivity contribution in [2.75, 3.05) is 11.1 Å². The van der Waals surface area contributed by atoms with E-state index in [1.54, 1.807) is 17.8 Å². The summed E-state index contributed by atoms with van der Waals surface area (Å²) in [6.07, 6.45) is 0. The second-order valence-corrected chi connectivity index (χ2v) is 6.84. The minimum Gasteiger partial charge on any atom is -0.325 e. The highest BCUT2D eigenvalue weighted by Gasteiger charge is 2.27. The number of nitrogens with one attached hydrogen (secondary N) is 1. The van der Waals surface area contributed by atoms with Crippen LogP contribution >= 0.6 is 11.8 Å². The van der Waals surface area contributed by atoms with E-state index < -0.39 is 0 Å². The molecule has 1 amide bonds. The second-order valence-electron chi connectivity index (χ2n) is 5.86. The summed E-state index contributed by atoms with van der Waals surface area (Å²) in [5.41, 5.74) is 4.95. The monoisotopic (exact) mass is 325 g/mol. The summed E-state index contributed by atoms with van der Waals surface area (Å²) in [5.74, 6) is 1.21. The Kier molecular flexibility index (Phi) is 4.53. The van der Waals surface area contributed by atoms with Crippen molar-refractivity contribution in [2.45, 2.75) is 25.5 Å². The van der Waals surface area contributed by atoms with Crippen molar-refractivity contribution in [1.82, 2.24) is 0 Å².